The Hall–Kier alpha value is -3.48. The van der Waals surface area contributed by atoms with Crippen molar-refractivity contribution in [2.45, 2.75) is 6.92 Å². The summed E-state index contributed by atoms with van der Waals surface area (Å²) in [5.41, 5.74) is 0.438. The highest BCUT2D eigenvalue weighted by atomic mass is 79.9. The second-order valence-corrected chi connectivity index (χ2v) is 7.87. The van der Waals surface area contributed by atoms with Crippen LogP contribution in [0.25, 0.3) is 6.08 Å². The van der Waals surface area contributed by atoms with E-state index in [0.29, 0.717) is 38.1 Å². The zero-order valence-electron chi connectivity index (χ0n) is 17.7. The van der Waals surface area contributed by atoms with E-state index in [1.165, 1.54) is 13.2 Å². The molecule has 0 saturated carbocycles. The molecule has 170 valence electrons. The fourth-order valence-electron chi connectivity index (χ4n) is 2.74. The van der Waals surface area contributed by atoms with Crippen LogP contribution in [0.2, 0.25) is 5.02 Å². The number of nitriles is 1. The van der Waals surface area contributed by atoms with E-state index in [0.717, 1.165) is 0 Å². The van der Waals surface area contributed by atoms with Gasteiger partial charge in [0.15, 0.2) is 17.3 Å². The first-order valence-electron chi connectivity index (χ1n) is 9.65. The van der Waals surface area contributed by atoms with Crippen LogP contribution in [0.5, 0.6) is 17.2 Å². The normalized spacial score (nSPS) is 10.9. The highest BCUT2D eigenvalue weighted by Crippen LogP contribution is 2.37. The van der Waals surface area contributed by atoms with Gasteiger partial charge in [-0.05, 0) is 58.8 Å². The fourth-order valence-corrected chi connectivity index (χ4v) is 3.51. The maximum atomic E-state index is 12.4. The van der Waals surface area contributed by atoms with Crippen LogP contribution in [0.3, 0.4) is 0 Å². The summed E-state index contributed by atoms with van der Waals surface area (Å²) in [5.74, 6) is 1.58. The number of carbonyl (C=O) groups is 1. The lowest BCUT2D eigenvalue weighted by Crippen LogP contribution is -2.13. The number of nitrogens with zero attached hydrogens (tertiary/aromatic N) is 2. The third-order valence-corrected chi connectivity index (χ3v) is 5.12. The molecule has 0 spiro atoms. The molecule has 0 atom stereocenters. The molecule has 0 aliphatic rings. The van der Waals surface area contributed by atoms with Crippen LogP contribution in [0.15, 0.2) is 57.0 Å². The largest absolute Gasteiger partial charge is 0.493 e. The topological polar surface area (TPSA) is 107 Å². The van der Waals surface area contributed by atoms with Gasteiger partial charge in [-0.25, -0.2) is 0 Å². The van der Waals surface area contributed by atoms with Gasteiger partial charge in [0.1, 0.15) is 36.4 Å². The Labute approximate surface area is 203 Å². The van der Waals surface area contributed by atoms with E-state index in [4.69, 9.17) is 30.3 Å². The molecule has 0 radical (unpaired) electrons. The summed E-state index contributed by atoms with van der Waals surface area (Å²) in [5, 5.41) is 16.2. The number of aromatic nitrogens is 1. The number of para-hydroxylation sites is 1. The van der Waals surface area contributed by atoms with Crippen LogP contribution in [-0.4, -0.2) is 31.4 Å². The first-order valence-corrected chi connectivity index (χ1v) is 10.8. The van der Waals surface area contributed by atoms with Crippen molar-refractivity contribution in [3.63, 3.8) is 0 Å². The molecule has 1 heterocycles. The first-order chi connectivity index (χ1) is 15.9. The maximum absolute atomic E-state index is 12.4. The molecule has 3 rings (SSSR count). The van der Waals surface area contributed by atoms with Gasteiger partial charge in [-0.3, -0.25) is 4.79 Å². The molecule has 1 aromatic heterocycles. The Morgan fingerprint density at radius 2 is 2.00 bits per heavy atom. The number of nitrogens with one attached hydrogen (secondary N) is 1. The van der Waals surface area contributed by atoms with Crippen molar-refractivity contribution in [2.24, 2.45) is 0 Å². The van der Waals surface area contributed by atoms with Crippen molar-refractivity contribution in [1.29, 1.82) is 5.26 Å². The number of halogens is 2. The monoisotopic (exact) mass is 531 g/mol. The minimum Gasteiger partial charge on any atom is -0.493 e. The van der Waals surface area contributed by atoms with E-state index in [2.05, 4.69) is 26.4 Å². The number of amides is 1. The number of methoxy groups -OCH3 is 1. The molecule has 1 amide bonds. The lowest BCUT2D eigenvalue weighted by atomic mass is 10.1. The second kappa shape index (κ2) is 11.4. The Morgan fingerprint density at radius 3 is 2.67 bits per heavy atom. The summed E-state index contributed by atoms with van der Waals surface area (Å²) in [4.78, 5) is 12.4. The summed E-state index contributed by atoms with van der Waals surface area (Å²) < 4.78 is 22.3. The van der Waals surface area contributed by atoms with Gasteiger partial charge in [0.05, 0.1) is 16.6 Å². The summed E-state index contributed by atoms with van der Waals surface area (Å²) in [6.45, 7) is 2.19. The number of anilines is 1. The molecule has 8 nitrogen and oxygen atoms in total. The lowest BCUT2D eigenvalue weighted by molar-refractivity contribution is -0.112. The molecule has 33 heavy (non-hydrogen) atoms. The van der Waals surface area contributed by atoms with E-state index in [1.807, 2.05) is 18.2 Å². The maximum Gasteiger partial charge on any atom is 0.267 e. The highest BCUT2D eigenvalue weighted by Gasteiger charge is 2.15. The molecule has 0 aliphatic heterocycles. The van der Waals surface area contributed by atoms with E-state index in [9.17, 15) is 10.1 Å². The predicted octanol–water partition coefficient (Wildman–Crippen LogP) is 5.41. The van der Waals surface area contributed by atoms with Crippen LogP contribution >= 0.6 is 27.5 Å². The Bertz CT molecular complexity index is 1220. The van der Waals surface area contributed by atoms with Crippen molar-refractivity contribution in [2.75, 3.05) is 25.6 Å². The van der Waals surface area contributed by atoms with Gasteiger partial charge in [-0.2, -0.15) is 5.26 Å². The standard InChI is InChI=1S/C23H19BrClN3O5/c1-14-9-21(28-33-14)27-23(29)16(13-26)10-15-11-17(24)22(20(12-15)30-2)32-8-7-31-19-6-4-3-5-18(19)25/h3-6,9-12H,7-8H2,1-2H3,(H,27,28,29). The van der Waals surface area contributed by atoms with Gasteiger partial charge in [0, 0.05) is 6.07 Å². The Morgan fingerprint density at radius 1 is 1.24 bits per heavy atom. The van der Waals surface area contributed by atoms with E-state index < -0.39 is 5.91 Å². The number of benzene rings is 2. The third kappa shape index (κ3) is 6.51. The van der Waals surface area contributed by atoms with Crippen molar-refractivity contribution >= 4 is 45.3 Å². The zero-order valence-corrected chi connectivity index (χ0v) is 20.1. The molecule has 0 aliphatic carbocycles. The molecular formula is C23H19BrClN3O5. The molecule has 0 saturated heterocycles. The predicted molar refractivity (Wildman–Crippen MR) is 127 cm³/mol. The van der Waals surface area contributed by atoms with Gasteiger partial charge < -0.3 is 24.1 Å². The molecule has 3 aromatic rings. The molecule has 0 unspecified atom stereocenters. The smallest absolute Gasteiger partial charge is 0.267 e. The van der Waals surface area contributed by atoms with Crippen LogP contribution < -0.4 is 19.5 Å². The molecule has 0 bridgehead atoms. The van der Waals surface area contributed by atoms with Gasteiger partial charge >= 0.3 is 0 Å². The second-order valence-electron chi connectivity index (χ2n) is 6.61. The van der Waals surface area contributed by atoms with E-state index in [1.54, 1.807) is 37.3 Å². The highest BCUT2D eigenvalue weighted by molar-refractivity contribution is 9.10. The number of ether oxygens (including phenoxy) is 3. The molecule has 1 N–H and O–H groups in total. The fraction of sp³-hybridized carbons (Fsp3) is 0.174. The SMILES string of the molecule is COc1cc(C=C(C#N)C(=O)Nc2cc(C)on2)cc(Br)c1OCCOc1ccccc1Cl. The van der Waals surface area contributed by atoms with Gasteiger partial charge in [-0.15, -0.1) is 0 Å². The van der Waals surface area contributed by atoms with Crippen LogP contribution in [-0.2, 0) is 4.79 Å². The first kappa shape index (κ1) is 24.2. The van der Waals surface area contributed by atoms with E-state index >= 15 is 0 Å². The minimum absolute atomic E-state index is 0.119. The van der Waals surface area contributed by atoms with Crippen molar-refractivity contribution in [3.8, 4) is 23.3 Å². The zero-order chi connectivity index (χ0) is 23.8. The Balaban J connectivity index is 1.70. The quantitative estimate of drug-likeness (QED) is 0.223. The summed E-state index contributed by atoms with van der Waals surface area (Å²) >= 11 is 9.53. The summed E-state index contributed by atoms with van der Waals surface area (Å²) in [6, 6.07) is 14.0. The Kier molecular flexibility index (Phi) is 8.35. The molecule has 0 fully saturated rings. The van der Waals surface area contributed by atoms with Crippen molar-refractivity contribution in [3.05, 3.63) is 68.9 Å². The summed E-state index contributed by atoms with van der Waals surface area (Å²) in [7, 11) is 1.49. The number of carbonyl (C=O) groups excluding carboxylic acids is 1. The van der Waals surface area contributed by atoms with Gasteiger partial charge in [0.2, 0.25) is 0 Å². The average molecular weight is 533 g/mol. The molecular weight excluding hydrogens is 514 g/mol. The third-order valence-electron chi connectivity index (χ3n) is 4.22. The number of hydrogen-bond donors (Lipinski definition) is 1. The van der Waals surface area contributed by atoms with Crippen molar-refractivity contribution in [1.82, 2.24) is 5.16 Å². The van der Waals surface area contributed by atoms with Crippen LogP contribution in [0.4, 0.5) is 5.82 Å². The van der Waals surface area contributed by atoms with Crippen molar-refractivity contribution < 1.29 is 23.5 Å². The molecule has 2 aromatic carbocycles. The van der Waals surface area contributed by atoms with Gasteiger partial charge in [-0.1, -0.05) is 28.9 Å². The van der Waals surface area contributed by atoms with Crippen LogP contribution in [0, 0.1) is 18.3 Å². The minimum atomic E-state index is -0.613. The summed E-state index contributed by atoms with van der Waals surface area (Å²) in [6.07, 6.45) is 1.43. The number of aryl methyl sites for hydroxylation is 1. The van der Waals surface area contributed by atoms with Crippen LogP contribution in [0.1, 0.15) is 11.3 Å². The number of hydrogen-bond acceptors (Lipinski definition) is 7. The molecule has 10 heteroatoms. The van der Waals surface area contributed by atoms with E-state index in [-0.39, 0.29) is 24.6 Å². The van der Waals surface area contributed by atoms with Gasteiger partial charge in [0.25, 0.3) is 5.91 Å². The number of rotatable bonds is 9. The lowest BCUT2D eigenvalue weighted by Gasteiger charge is -2.14. The average Bonchev–Trinajstić information content (AvgIpc) is 3.21.